The highest BCUT2D eigenvalue weighted by molar-refractivity contribution is 5.79. The van der Waals surface area contributed by atoms with Gasteiger partial charge in [0, 0.05) is 38.0 Å². The van der Waals surface area contributed by atoms with Crippen LogP contribution in [0, 0.1) is 5.92 Å². The number of para-hydroxylation sites is 1. The number of amides is 1. The monoisotopic (exact) mass is 594 g/mol. The van der Waals surface area contributed by atoms with E-state index in [-0.39, 0.29) is 24.4 Å². The average molecular weight is 595 g/mol. The van der Waals surface area contributed by atoms with Gasteiger partial charge in [0.15, 0.2) is 0 Å². The van der Waals surface area contributed by atoms with Gasteiger partial charge in [-0.25, -0.2) is 0 Å². The number of ether oxygens (including phenoxy) is 2. The number of methoxy groups -OCH3 is 1. The van der Waals surface area contributed by atoms with Gasteiger partial charge in [0.1, 0.15) is 11.5 Å². The molecule has 1 amide bonds. The first-order valence-electron chi connectivity index (χ1n) is 16.0. The number of quaternary nitrogens is 1. The van der Waals surface area contributed by atoms with Crippen LogP contribution in [0.5, 0.6) is 11.5 Å². The van der Waals surface area contributed by atoms with Gasteiger partial charge in [-0.05, 0) is 60.9 Å². The number of benzene rings is 2. The van der Waals surface area contributed by atoms with Gasteiger partial charge >= 0.3 is 5.97 Å². The van der Waals surface area contributed by atoms with Crippen LogP contribution in [0.4, 0.5) is 0 Å². The van der Waals surface area contributed by atoms with Crippen molar-refractivity contribution in [3.63, 3.8) is 0 Å². The fourth-order valence-electron chi connectivity index (χ4n) is 6.71. The molecule has 4 rings (SSSR count). The first-order valence-corrected chi connectivity index (χ1v) is 16.0. The fourth-order valence-corrected chi connectivity index (χ4v) is 6.71. The van der Waals surface area contributed by atoms with E-state index in [4.69, 9.17) is 9.47 Å². The standard InChI is InChI=1S/C35H51N3O5/c1-6-7-19-36(20-10-11-21-38(2,3)4)33(39)25-37-24-29(27-15-17-32-28(23-27)18-22-43-32)34(35(40)41)30(37)16-14-26-12-8-9-13-31(26)42-5/h8-9,12-13,15,17,23,29-30,34H,6-7,10-11,14,16,18-22,24-25H2,1-5H3/p+1/t29-,30+,34?/m1/s1. The number of carboxylic acid groups (broad SMARTS) is 1. The second kappa shape index (κ2) is 15.1. The molecule has 1 saturated heterocycles. The number of hydrogen-bond donors (Lipinski definition) is 1. The zero-order chi connectivity index (χ0) is 31.0. The third-order valence-electron chi connectivity index (χ3n) is 9.06. The zero-order valence-electron chi connectivity index (χ0n) is 26.9. The molecule has 236 valence electrons. The fraction of sp³-hybridized carbons (Fsp3) is 0.600. The highest BCUT2D eigenvalue weighted by Crippen LogP contribution is 2.41. The summed E-state index contributed by atoms with van der Waals surface area (Å²) >= 11 is 0. The molecule has 0 radical (unpaired) electrons. The molecule has 0 spiro atoms. The lowest BCUT2D eigenvalue weighted by atomic mass is 9.83. The van der Waals surface area contributed by atoms with Crippen LogP contribution in [0.3, 0.4) is 0 Å². The molecule has 1 unspecified atom stereocenters. The SMILES string of the molecule is CCCCN(CCCC[N+](C)(C)C)C(=O)CN1C[C@H](c2ccc3c(c2)CCO3)C(C(=O)O)[C@@H]1CCc1ccccc1OC. The Balaban J connectivity index is 1.56. The number of likely N-dealkylation sites (tertiary alicyclic amines) is 1. The summed E-state index contributed by atoms with van der Waals surface area (Å²) in [5.74, 6) is 0.192. The van der Waals surface area contributed by atoms with Crippen molar-refractivity contribution < 1.29 is 28.7 Å². The molecular weight excluding hydrogens is 542 g/mol. The minimum atomic E-state index is -0.801. The molecule has 1 N–H and O–H groups in total. The van der Waals surface area contributed by atoms with Crippen molar-refractivity contribution in [1.29, 1.82) is 0 Å². The molecule has 43 heavy (non-hydrogen) atoms. The van der Waals surface area contributed by atoms with Crippen LogP contribution in [-0.4, -0.2) is 105 Å². The molecule has 2 aliphatic heterocycles. The molecule has 0 aliphatic carbocycles. The van der Waals surface area contributed by atoms with E-state index in [2.05, 4.69) is 39.0 Å². The predicted octanol–water partition coefficient (Wildman–Crippen LogP) is 4.85. The van der Waals surface area contributed by atoms with Gasteiger partial charge in [-0.15, -0.1) is 0 Å². The highest BCUT2D eigenvalue weighted by atomic mass is 16.5. The Morgan fingerprint density at radius 1 is 1.09 bits per heavy atom. The second-order valence-corrected chi connectivity index (χ2v) is 13.2. The van der Waals surface area contributed by atoms with Gasteiger partial charge in [-0.1, -0.05) is 43.7 Å². The highest BCUT2D eigenvalue weighted by Gasteiger charge is 2.47. The number of carbonyl (C=O) groups is 2. The van der Waals surface area contributed by atoms with Gasteiger partial charge in [0.25, 0.3) is 0 Å². The largest absolute Gasteiger partial charge is 0.496 e. The minimum absolute atomic E-state index is 0.105. The van der Waals surface area contributed by atoms with Gasteiger partial charge in [0.05, 0.1) is 53.9 Å². The zero-order valence-corrected chi connectivity index (χ0v) is 26.9. The molecule has 8 nitrogen and oxygen atoms in total. The Kier molecular flexibility index (Phi) is 11.5. The number of hydrogen-bond acceptors (Lipinski definition) is 5. The molecule has 0 saturated carbocycles. The molecule has 0 aromatic heterocycles. The number of carboxylic acids is 1. The molecule has 8 heteroatoms. The third kappa shape index (κ3) is 8.73. The molecule has 2 aromatic carbocycles. The van der Waals surface area contributed by atoms with E-state index < -0.39 is 11.9 Å². The van der Waals surface area contributed by atoms with Crippen molar-refractivity contribution in [2.75, 3.05) is 67.6 Å². The molecule has 2 aliphatic rings. The maximum absolute atomic E-state index is 13.9. The average Bonchev–Trinajstić information content (AvgIpc) is 3.59. The van der Waals surface area contributed by atoms with E-state index in [0.717, 1.165) is 84.4 Å². The topological polar surface area (TPSA) is 79.3 Å². The molecule has 3 atom stereocenters. The number of rotatable bonds is 16. The number of aliphatic carboxylic acids is 1. The van der Waals surface area contributed by atoms with Crippen molar-refractivity contribution in [3.05, 3.63) is 59.2 Å². The first kappa shape index (κ1) is 32.8. The van der Waals surface area contributed by atoms with Crippen LogP contribution in [0.25, 0.3) is 0 Å². The van der Waals surface area contributed by atoms with Crippen molar-refractivity contribution in [1.82, 2.24) is 9.80 Å². The third-order valence-corrected chi connectivity index (χ3v) is 9.06. The maximum atomic E-state index is 13.9. The lowest BCUT2D eigenvalue weighted by Gasteiger charge is -2.30. The summed E-state index contributed by atoms with van der Waals surface area (Å²) in [6.45, 7) is 6.16. The Morgan fingerprint density at radius 3 is 2.58 bits per heavy atom. The summed E-state index contributed by atoms with van der Waals surface area (Å²) in [6, 6.07) is 13.8. The van der Waals surface area contributed by atoms with Crippen LogP contribution < -0.4 is 9.47 Å². The van der Waals surface area contributed by atoms with Crippen molar-refractivity contribution in [2.24, 2.45) is 5.92 Å². The van der Waals surface area contributed by atoms with Gasteiger partial charge in [-0.2, -0.15) is 0 Å². The van der Waals surface area contributed by atoms with Gasteiger partial charge in [-0.3, -0.25) is 14.5 Å². The van der Waals surface area contributed by atoms with E-state index in [0.29, 0.717) is 26.0 Å². The van der Waals surface area contributed by atoms with E-state index in [9.17, 15) is 14.7 Å². The summed E-state index contributed by atoms with van der Waals surface area (Å²) in [5, 5.41) is 10.6. The Morgan fingerprint density at radius 2 is 1.86 bits per heavy atom. The van der Waals surface area contributed by atoms with Crippen LogP contribution >= 0.6 is 0 Å². The summed E-state index contributed by atoms with van der Waals surface area (Å²) in [5.41, 5.74) is 3.22. The van der Waals surface area contributed by atoms with Gasteiger partial charge in [0.2, 0.25) is 5.91 Å². The van der Waals surface area contributed by atoms with Crippen LogP contribution in [0.15, 0.2) is 42.5 Å². The predicted molar refractivity (Wildman–Crippen MR) is 170 cm³/mol. The summed E-state index contributed by atoms with van der Waals surface area (Å²) in [7, 11) is 8.25. The lowest BCUT2D eigenvalue weighted by molar-refractivity contribution is -0.870. The Hall–Kier alpha value is -3.10. The Bertz CT molecular complexity index is 1230. The smallest absolute Gasteiger partial charge is 0.308 e. The molecular formula is C35H52N3O5+. The van der Waals surface area contributed by atoms with Crippen molar-refractivity contribution in [3.8, 4) is 11.5 Å². The van der Waals surface area contributed by atoms with Crippen molar-refractivity contribution in [2.45, 2.75) is 63.8 Å². The molecule has 2 aromatic rings. The normalized spacial score (nSPS) is 20.1. The van der Waals surface area contributed by atoms with Crippen LogP contribution in [0.2, 0.25) is 0 Å². The molecule has 1 fully saturated rings. The van der Waals surface area contributed by atoms with E-state index in [1.807, 2.05) is 41.3 Å². The summed E-state index contributed by atoms with van der Waals surface area (Å²) < 4.78 is 12.2. The summed E-state index contributed by atoms with van der Waals surface area (Å²) in [6.07, 6.45) is 6.18. The number of nitrogens with zero attached hydrogens (tertiary/aromatic N) is 3. The van der Waals surface area contributed by atoms with Crippen LogP contribution in [0.1, 0.15) is 61.6 Å². The van der Waals surface area contributed by atoms with Crippen LogP contribution in [-0.2, 0) is 22.4 Å². The number of fused-ring (bicyclic) bond motifs is 1. The molecule has 0 bridgehead atoms. The van der Waals surface area contributed by atoms with Crippen molar-refractivity contribution >= 4 is 11.9 Å². The Labute approximate surface area is 258 Å². The van der Waals surface area contributed by atoms with E-state index >= 15 is 0 Å². The van der Waals surface area contributed by atoms with Gasteiger partial charge < -0.3 is 24.0 Å². The maximum Gasteiger partial charge on any atom is 0.308 e. The summed E-state index contributed by atoms with van der Waals surface area (Å²) in [4.78, 5) is 31.0. The molecule has 2 heterocycles. The lowest BCUT2D eigenvalue weighted by Crippen LogP contribution is -2.45. The quantitative estimate of drug-likeness (QED) is 0.221. The van der Waals surface area contributed by atoms with E-state index in [1.165, 1.54) is 0 Å². The number of carbonyl (C=O) groups excluding carboxylic acids is 1. The second-order valence-electron chi connectivity index (χ2n) is 13.2. The number of unbranched alkanes of at least 4 members (excludes halogenated alkanes) is 2. The minimum Gasteiger partial charge on any atom is -0.496 e. The number of aryl methyl sites for hydroxylation is 1. The first-order chi connectivity index (χ1) is 20.6. The van der Waals surface area contributed by atoms with E-state index in [1.54, 1.807) is 7.11 Å².